The summed E-state index contributed by atoms with van der Waals surface area (Å²) in [5, 5.41) is 8.16. The van der Waals surface area contributed by atoms with E-state index in [0.717, 1.165) is 11.3 Å². The summed E-state index contributed by atoms with van der Waals surface area (Å²) in [6, 6.07) is 8.06. The quantitative estimate of drug-likeness (QED) is 0.617. The highest BCUT2D eigenvalue weighted by atomic mass is 35.5. The van der Waals surface area contributed by atoms with Gasteiger partial charge in [0, 0.05) is 20.7 Å². The maximum atomic E-state index is 12.4. The Morgan fingerprint density at radius 2 is 1.96 bits per heavy atom. The van der Waals surface area contributed by atoms with E-state index < -0.39 is 11.9 Å². The summed E-state index contributed by atoms with van der Waals surface area (Å²) < 4.78 is 0. The van der Waals surface area contributed by atoms with Crippen LogP contribution in [0.15, 0.2) is 35.7 Å². The van der Waals surface area contributed by atoms with E-state index in [1.54, 1.807) is 42.5 Å². The number of thiazole rings is 1. The van der Waals surface area contributed by atoms with Crippen LogP contribution in [0.3, 0.4) is 0 Å². The van der Waals surface area contributed by atoms with Gasteiger partial charge in [0.25, 0.3) is 5.91 Å². The van der Waals surface area contributed by atoms with Crippen LogP contribution in [0.4, 0.5) is 5.13 Å². The summed E-state index contributed by atoms with van der Waals surface area (Å²) in [5.41, 5.74) is 2.25. The Bertz CT molecular complexity index is 997. The lowest BCUT2D eigenvalue weighted by Gasteiger charge is -2.13. The third kappa shape index (κ3) is 4.55. The Kier molecular flexibility index (Phi) is 5.94. The van der Waals surface area contributed by atoms with E-state index >= 15 is 0 Å². The van der Waals surface area contributed by atoms with Crippen molar-refractivity contribution in [3.8, 4) is 11.3 Å². The molecule has 0 bridgehead atoms. The Hall–Kier alpha value is -2.22. The van der Waals surface area contributed by atoms with E-state index in [2.05, 4.69) is 35.5 Å². The molecule has 0 fully saturated rings. The first kappa shape index (κ1) is 19.5. The monoisotopic (exact) mass is 419 g/mol. The van der Waals surface area contributed by atoms with Crippen LogP contribution in [-0.2, 0) is 4.79 Å². The lowest BCUT2D eigenvalue weighted by atomic mass is 10.2. The van der Waals surface area contributed by atoms with Gasteiger partial charge in [0.2, 0.25) is 5.91 Å². The second-order valence-electron chi connectivity index (χ2n) is 6.03. The Balaban J connectivity index is 1.64. The molecule has 0 unspecified atom stereocenters. The second kappa shape index (κ2) is 8.21. The molecule has 2 N–H and O–H groups in total. The number of aromatic nitrogens is 1. The minimum atomic E-state index is -0.730. The van der Waals surface area contributed by atoms with Gasteiger partial charge in [-0.15, -0.1) is 22.7 Å². The minimum Gasteiger partial charge on any atom is -0.340 e. The number of halogens is 1. The fraction of sp³-hybridized carbons (Fsp3) is 0.211. The van der Waals surface area contributed by atoms with Crippen molar-refractivity contribution in [2.45, 2.75) is 26.8 Å². The number of nitrogens with one attached hydrogen (secondary N) is 2. The molecule has 0 aliphatic heterocycles. The van der Waals surface area contributed by atoms with Gasteiger partial charge < -0.3 is 10.6 Å². The number of anilines is 1. The zero-order valence-corrected chi connectivity index (χ0v) is 17.4. The number of amides is 2. The van der Waals surface area contributed by atoms with Crippen LogP contribution < -0.4 is 10.6 Å². The number of carbonyl (C=O) groups is 2. The molecule has 3 rings (SSSR count). The molecular formula is C19H18ClN3O2S2. The molecule has 8 heteroatoms. The van der Waals surface area contributed by atoms with E-state index in [9.17, 15) is 9.59 Å². The van der Waals surface area contributed by atoms with E-state index in [0.29, 0.717) is 15.7 Å². The third-order valence-corrected chi connectivity index (χ3v) is 5.96. The molecule has 2 heterocycles. The number of benzene rings is 1. The summed E-state index contributed by atoms with van der Waals surface area (Å²) in [6.07, 6.45) is 0. The fourth-order valence-corrected chi connectivity index (χ4v) is 4.41. The van der Waals surface area contributed by atoms with Crippen LogP contribution in [-0.4, -0.2) is 22.8 Å². The number of hydrogen-bond donors (Lipinski definition) is 2. The van der Waals surface area contributed by atoms with Crippen LogP contribution in [0.1, 0.15) is 27.0 Å². The van der Waals surface area contributed by atoms with Crippen molar-refractivity contribution < 1.29 is 9.59 Å². The second-order valence-corrected chi connectivity index (χ2v) is 8.75. The van der Waals surface area contributed by atoms with Crippen LogP contribution in [0, 0.1) is 13.8 Å². The van der Waals surface area contributed by atoms with Crippen molar-refractivity contribution in [3.63, 3.8) is 0 Å². The lowest BCUT2D eigenvalue weighted by molar-refractivity contribution is -0.117. The van der Waals surface area contributed by atoms with E-state index in [-0.39, 0.29) is 5.91 Å². The highest BCUT2D eigenvalue weighted by Gasteiger charge is 2.19. The maximum Gasteiger partial charge on any atom is 0.253 e. The van der Waals surface area contributed by atoms with Gasteiger partial charge in [-0.3, -0.25) is 9.59 Å². The van der Waals surface area contributed by atoms with Gasteiger partial charge in [-0.2, -0.15) is 0 Å². The first-order chi connectivity index (χ1) is 12.8. The zero-order valence-electron chi connectivity index (χ0n) is 15.0. The van der Waals surface area contributed by atoms with Crippen molar-refractivity contribution in [2.24, 2.45) is 0 Å². The molecule has 1 aromatic carbocycles. The number of hydrogen-bond acceptors (Lipinski definition) is 5. The molecule has 2 aromatic heterocycles. The van der Waals surface area contributed by atoms with Gasteiger partial charge >= 0.3 is 0 Å². The molecule has 2 amide bonds. The predicted molar refractivity (Wildman–Crippen MR) is 112 cm³/mol. The predicted octanol–water partition coefficient (Wildman–Crippen LogP) is 4.90. The molecule has 0 saturated heterocycles. The molecule has 27 heavy (non-hydrogen) atoms. The average Bonchev–Trinajstić information content (AvgIpc) is 3.20. The van der Waals surface area contributed by atoms with Crippen LogP contribution >= 0.6 is 34.3 Å². The number of rotatable bonds is 5. The summed E-state index contributed by atoms with van der Waals surface area (Å²) >= 11 is 9.09. The molecule has 0 aliphatic rings. The molecule has 0 spiro atoms. The van der Waals surface area contributed by atoms with Crippen LogP contribution in [0.5, 0.6) is 0 Å². The lowest BCUT2D eigenvalue weighted by Crippen LogP contribution is -2.41. The van der Waals surface area contributed by atoms with E-state index in [1.165, 1.54) is 21.1 Å². The van der Waals surface area contributed by atoms with Gasteiger partial charge in [-0.25, -0.2) is 4.98 Å². The minimum absolute atomic E-state index is 0.332. The van der Waals surface area contributed by atoms with Gasteiger partial charge in [-0.1, -0.05) is 23.7 Å². The molecule has 1 atom stereocenters. The summed E-state index contributed by atoms with van der Waals surface area (Å²) in [4.78, 5) is 31.6. The largest absolute Gasteiger partial charge is 0.340 e. The normalized spacial score (nSPS) is 11.9. The molecule has 140 valence electrons. The molecule has 0 saturated carbocycles. The number of nitrogens with zero attached hydrogens (tertiary/aromatic N) is 1. The molecular weight excluding hydrogens is 402 g/mol. The number of thiophene rings is 1. The highest BCUT2D eigenvalue weighted by Crippen LogP contribution is 2.32. The number of aryl methyl sites for hydroxylation is 2. The van der Waals surface area contributed by atoms with Gasteiger partial charge in [0.1, 0.15) is 6.04 Å². The molecule has 0 aliphatic carbocycles. The van der Waals surface area contributed by atoms with Gasteiger partial charge in [0.05, 0.1) is 16.3 Å². The van der Waals surface area contributed by atoms with Crippen molar-refractivity contribution >= 4 is 51.2 Å². The Labute approximate surface area is 170 Å². The first-order valence-corrected chi connectivity index (χ1v) is 10.3. The van der Waals surface area contributed by atoms with E-state index in [1.807, 2.05) is 5.38 Å². The standard InChI is InChI=1S/C19H18ClN3O2S2/c1-10-8-14(12(3)27-10)16-9-26-19(22-16)23-17(24)11(2)21-18(25)13-6-4-5-7-15(13)20/h4-9,11H,1-3H3,(H,21,25)(H,22,23,24)/t11-/m0/s1. The first-order valence-electron chi connectivity index (χ1n) is 8.24. The van der Waals surface area contributed by atoms with Crippen LogP contribution in [0.2, 0.25) is 5.02 Å². The molecule has 0 radical (unpaired) electrons. The molecule has 5 nitrogen and oxygen atoms in total. The number of carbonyl (C=O) groups excluding carboxylic acids is 2. The SMILES string of the molecule is Cc1cc(-c2csc(NC(=O)[C@H](C)NC(=O)c3ccccc3Cl)n2)c(C)s1. The Morgan fingerprint density at radius 3 is 2.63 bits per heavy atom. The Morgan fingerprint density at radius 1 is 1.22 bits per heavy atom. The van der Waals surface area contributed by atoms with Gasteiger partial charge in [0.15, 0.2) is 5.13 Å². The van der Waals surface area contributed by atoms with Crippen molar-refractivity contribution in [1.29, 1.82) is 0 Å². The molecule has 3 aromatic rings. The summed E-state index contributed by atoms with van der Waals surface area (Å²) in [7, 11) is 0. The fourth-order valence-electron chi connectivity index (χ4n) is 2.54. The van der Waals surface area contributed by atoms with Crippen LogP contribution in [0.25, 0.3) is 11.3 Å². The average molecular weight is 420 g/mol. The topological polar surface area (TPSA) is 71.1 Å². The summed E-state index contributed by atoms with van der Waals surface area (Å²) in [5.74, 6) is -0.734. The van der Waals surface area contributed by atoms with E-state index in [4.69, 9.17) is 11.6 Å². The smallest absolute Gasteiger partial charge is 0.253 e. The summed E-state index contributed by atoms with van der Waals surface area (Å²) in [6.45, 7) is 5.72. The van der Waals surface area contributed by atoms with Crippen molar-refractivity contribution in [1.82, 2.24) is 10.3 Å². The van der Waals surface area contributed by atoms with Gasteiger partial charge in [-0.05, 0) is 39.0 Å². The zero-order chi connectivity index (χ0) is 19.6. The maximum absolute atomic E-state index is 12.4. The third-order valence-electron chi connectivity index (χ3n) is 3.91. The van der Waals surface area contributed by atoms with Crippen molar-refractivity contribution in [3.05, 3.63) is 56.1 Å². The highest BCUT2D eigenvalue weighted by molar-refractivity contribution is 7.14. The van der Waals surface area contributed by atoms with Crippen molar-refractivity contribution in [2.75, 3.05) is 5.32 Å².